The van der Waals surface area contributed by atoms with Crippen LogP contribution >= 0.6 is 0 Å². The molecule has 9 heteroatoms. The highest BCUT2D eigenvalue weighted by molar-refractivity contribution is 5.81. The Balaban J connectivity index is 1.66. The van der Waals surface area contributed by atoms with E-state index < -0.39 is 17.3 Å². The molecule has 0 unspecified atom stereocenters. The lowest BCUT2D eigenvalue weighted by atomic mass is 10.1. The maximum absolute atomic E-state index is 13.1. The molecule has 6 nitrogen and oxygen atoms in total. The molecule has 28 heavy (non-hydrogen) atoms. The summed E-state index contributed by atoms with van der Waals surface area (Å²) in [5.74, 6) is 0. The molecule has 0 saturated carbocycles. The fourth-order valence-electron chi connectivity index (χ4n) is 3.10. The zero-order valence-corrected chi connectivity index (χ0v) is 15.1. The number of fused-ring (bicyclic) bond motifs is 1. The molecule has 0 aliphatic carbocycles. The van der Waals surface area contributed by atoms with E-state index in [4.69, 9.17) is 0 Å². The Bertz CT molecular complexity index is 1090. The van der Waals surface area contributed by atoms with Crippen molar-refractivity contribution in [2.24, 2.45) is 0 Å². The number of aromatic amines is 1. The number of nitrogens with one attached hydrogen (secondary N) is 2. The van der Waals surface area contributed by atoms with Gasteiger partial charge in [-0.25, -0.2) is 5.10 Å². The summed E-state index contributed by atoms with van der Waals surface area (Å²) in [6, 6.07) is 8.79. The van der Waals surface area contributed by atoms with Crippen molar-refractivity contribution < 1.29 is 13.2 Å². The third-order valence-electron chi connectivity index (χ3n) is 4.46. The van der Waals surface area contributed by atoms with E-state index in [1.54, 1.807) is 34.9 Å². The van der Waals surface area contributed by atoms with Gasteiger partial charge in [0.15, 0.2) is 0 Å². The van der Waals surface area contributed by atoms with Crippen LogP contribution < -0.4 is 16.4 Å². The highest BCUT2D eigenvalue weighted by Crippen LogP contribution is 2.31. The molecular weight excluding hydrogens is 373 g/mol. The molecular formula is C19H19F3N4O2. The molecule has 2 N–H and O–H groups in total. The Labute approximate surface area is 158 Å². The molecule has 0 aliphatic heterocycles. The van der Waals surface area contributed by atoms with Gasteiger partial charge in [0.05, 0.1) is 11.9 Å². The van der Waals surface area contributed by atoms with E-state index >= 15 is 0 Å². The first-order chi connectivity index (χ1) is 13.3. The minimum atomic E-state index is -4.78. The summed E-state index contributed by atoms with van der Waals surface area (Å²) < 4.78 is 40.8. The highest BCUT2D eigenvalue weighted by Gasteiger charge is 2.37. The van der Waals surface area contributed by atoms with Crippen molar-refractivity contribution in [3.05, 3.63) is 69.0 Å². The number of hydrogen-bond acceptors (Lipinski definition) is 4. The number of hydrogen-bond donors (Lipinski definition) is 2. The van der Waals surface area contributed by atoms with Gasteiger partial charge in [-0.3, -0.25) is 9.59 Å². The normalized spacial score (nSPS) is 12.9. The van der Waals surface area contributed by atoms with Crippen LogP contribution in [0.2, 0.25) is 0 Å². The van der Waals surface area contributed by atoms with Gasteiger partial charge < -0.3 is 9.88 Å². The summed E-state index contributed by atoms with van der Waals surface area (Å²) in [4.78, 5) is 24.0. The molecule has 1 aromatic carbocycles. The first-order valence-corrected chi connectivity index (χ1v) is 8.77. The first-order valence-electron chi connectivity index (χ1n) is 8.77. The maximum atomic E-state index is 13.1. The number of nitrogens with zero attached hydrogens (tertiary/aromatic N) is 2. The van der Waals surface area contributed by atoms with Gasteiger partial charge in [0.2, 0.25) is 0 Å². The molecule has 0 saturated heterocycles. The predicted molar refractivity (Wildman–Crippen MR) is 100 cm³/mol. The van der Waals surface area contributed by atoms with Crippen LogP contribution in [-0.2, 0) is 12.7 Å². The van der Waals surface area contributed by atoms with Crippen molar-refractivity contribution in [1.82, 2.24) is 14.8 Å². The number of aromatic nitrogens is 3. The van der Waals surface area contributed by atoms with Crippen molar-refractivity contribution in [3.63, 3.8) is 0 Å². The largest absolute Gasteiger partial charge is 0.423 e. The van der Waals surface area contributed by atoms with Gasteiger partial charge in [-0.1, -0.05) is 18.2 Å². The van der Waals surface area contributed by atoms with Crippen LogP contribution in [0.5, 0.6) is 0 Å². The standard InChI is InChI=1S/C19H19F3N4O2/c1-12(24-15-11-23-25-17(27)16(15)19(20,21)22)5-4-9-26-10-8-13-6-2-3-7-14(13)18(26)28/h2-3,6-8,10-12H,4-5,9H2,1H3,(H2,24,25,27)/t12-/m0/s1. The topological polar surface area (TPSA) is 79.8 Å². The number of H-pyrrole nitrogens is 1. The maximum Gasteiger partial charge on any atom is 0.423 e. The van der Waals surface area contributed by atoms with Gasteiger partial charge in [-0.05, 0) is 37.3 Å². The summed E-state index contributed by atoms with van der Waals surface area (Å²) >= 11 is 0. The van der Waals surface area contributed by atoms with Crippen molar-refractivity contribution in [2.75, 3.05) is 5.32 Å². The zero-order chi connectivity index (χ0) is 20.3. The lowest BCUT2D eigenvalue weighted by Gasteiger charge is -2.18. The van der Waals surface area contributed by atoms with E-state index in [1.165, 1.54) is 0 Å². The molecule has 148 valence electrons. The summed E-state index contributed by atoms with van der Waals surface area (Å²) in [7, 11) is 0. The Kier molecular flexibility index (Phi) is 5.53. The second kappa shape index (κ2) is 7.87. The van der Waals surface area contributed by atoms with Gasteiger partial charge in [0.1, 0.15) is 5.56 Å². The first kappa shape index (κ1) is 19.7. The van der Waals surface area contributed by atoms with Gasteiger partial charge in [0, 0.05) is 24.2 Å². The number of rotatable bonds is 6. The summed E-state index contributed by atoms with van der Waals surface area (Å²) in [6.07, 6.45) is -1.04. The average Bonchev–Trinajstić information content (AvgIpc) is 2.63. The summed E-state index contributed by atoms with van der Waals surface area (Å²) in [5.41, 5.74) is -3.03. The number of aryl methyl sites for hydroxylation is 1. The van der Waals surface area contributed by atoms with Crippen molar-refractivity contribution in [2.45, 2.75) is 38.5 Å². The van der Waals surface area contributed by atoms with E-state index in [-0.39, 0.29) is 17.3 Å². The second-order valence-corrected chi connectivity index (χ2v) is 6.57. The van der Waals surface area contributed by atoms with Crippen LogP contribution in [0.4, 0.5) is 18.9 Å². The van der Waals surface area contributed by atoms with E-state index in [2.05, 4.69) is 10.4 Å². The Morgan fingerprint density at radius 1 is 1.21 bits per heavy atom. The molecule has 2 aromatic heterocycles. The van der Waals surface area contributed by atoms with Crippen LogP contribution in [0.1, 0.15) is 25.3 Å². The minimum Gasteiger partial charge on any atom is -0.381 e. The Hall–Kier alpha value is -3.10. The highest BCUT2D eigenvalue weighted by atomic mass is 19.4. The molecule has 3 rings (SSSR count). The third kappa shape index (κ3) is 4.24. The van der Waals surface area contributed by atoms with E-state index in [0.29, 0.717) is 24.8 Å². The summed E-state index contributed by atoms with van der Waals surface area (Å²) in [6.45, 7) is 2.15. The lowest BCUT2D eigenvalue weighted by molar-refractivity contribution is -0.138. The zero-order valence-electron chi connectivity index (χ0n) is 15.1. The van der Waals surface area contributed by atoms with E-state index in [1.807, 2.05) is 18.2 Å². The number of benzene rings is 1. The van der Waals surface area contributed by atoms with Crippen LogP contribution in [0.25, 0.3) is 10.8 Å². The van der Waals surface area contributed by atoms with Gasteiger partial charge in [-0.15, -0.1) is 0 Å². The smallest absolute Gasteiger partial charge is 0.381 e. The van der Waals surface area contributed by atoms with Crippen LogP contribution in [-0.4, -0.2) is 20.8 Å². The number of pyridine rings is 1. The molecule has 0 fully saturated rings. The molecule has 0 aliphatic rings. The molecule has 3 aromatic rings. The number of anilines is 1. The molecule has 0 radical (unpaired) electrons. The average molecular weight is 392 g/mol. The van der Waals surface area contributed by atoms with Crippen molar-refractivity contribution >= 4 is 16.5 Å². The fourth-order valence-corrected chi connectivity index (χ4v) is 3.10. The lowest BCUT2D eigenvalue weighted by Crippen LogP contribution is -2.27. The summed E-state index contributed by atoms with van der Waals surface area (Å²) in [5, 5.41) is 9.42. The van der Waals surface area contributed by atoms with Crippen LogP contribution in [0.15, 0.2) is 52.3 Å². The number of halogens is 3. The molecule has 0 amide bonds. The van der Waals surface area contributed by atoms with Crippen LogP contribution in [0, 0.1) is 0 Å². The fraction of sp³-hybridized carbons (Fsp3) is 0.316. The molecule has 2 heterocycles. The van der Waals surface area contributed by atoms with E-state index in [0.717, 1.165) is 11.6 Å². The van der Waals surface area contributed by atoms with E-state index in [9.17, 15) is 22.8 Å². The SMILES string of the molecule is C[C@@H](CCCn1ccc2ccccc2c1=O)Nc1cn[nH]c(=O)c1C(F)(F)F. The van der Waals surface area contributed by atoms with Crippen LogP contribution in [0.3, 0.4) is 0 Å². The van der Waals surface area contributed by atoms with Crippen molar-refractivity contribution in [3.8, 4) is 0 Å². The Morgan fingerprint density at radius 3 is 2.71 bits per heavy atom. The number of alkyl halides is 3. The van der Waals surface area contributed by atoms with Crippen molar-refractivity contribution in [1.29, 1.82) is 0 Å². The van der Waals surface area contributed by atoms with Gasteiger partial charge >= 0.3 is 6.18 Å². The monoisotopic (exact) mass is 392 g/mol. The van der Waals surface area contributed by atoms with Gasteiger partial charge in [-0.2, -0.15) is 18.3 Å². The predicted octanol–water partition coefficient (Wildman–Crippen LogP) is 3.38. The molecule has 0 bridgehead atoms. The quantitative estimate of drug-likeness (QED) is 0.674. The Morgan fingerprint density at radius 2 is 1.96 bits per heavy atom. The third-order valence-corrected chi connectivity index (χ3v) is 4.46. The molecule has 0 spiro atoms. The minimum absolute atomic E-state index is 0.100. The second-order valence-electron chi connectivity index (χ2n) is 6.57. The molecule has 1 atom stereocenters. The van der Waals surface area contributed by atoms with Gasteiger partial charge in [0.25, 0.3) is 11.1 Å².